The van der Waals surface area contributed by atoms with Gasteiger partial charge < -0.3 is 14.9 Å². The van der Waals surface area contributed by atoms with Crippen molar-refractivity contribution in [3.05, 3.63) is 33.3 Å². The van der Waals surface area contributed by atoms with Crippen molar-refractivity contribution < 1.29 is 14.8 Å². The number of nitro groups is 1. The summed E-state index contributed by atoms with van der Waals surface area (Å²) in [4.78, 5) is 24.4. The van der Waals surface area contributed by atoms with Crippen LogP contribution in [0.5, 0.6) is 0 Å². The molecule has 0 radical (unpaired) electrons. The summed E-state index contributed by atoms with van der Waals surface area (Å²) >= 11 is 6.10. The Hall–Kier alpha value is -2.02. The van der Waals surface area contributed by atoms with Crippen molar-refractivity contribution in [2.24, 2.45) is 0 Å². The van der Waals surface area contributed by atoms with Crippen LogP contribution in [0.4, 0.5) is 16.2 Å². The first-order valence-corrected chi connectivity index (χ1v) is 6.46. The number of hydrogen-bond acceptors (Lipinski definition) is 4. The lowest BCUT2D eigenvalue weighted by atomic mass is 10.1. The summed E-state index contributed by atoms with van der Waals surface area (Å²) < 4.78 is 0. The lowest BCUT2D eigenvalue weighted by molar-refractivity contribution is -0.384. The number of nitro benzene ring substituents is 1. The molecular weight excluding hydrogens is 286 g/mol. The molecule has 1 heterocycles. The molecule has 1 saturated heterocycles. The van der Waals surface area contributed by atoms with Gasteiger partial charge in [-0.25, -0.2) is 4.79 Å². The van der Waals surface area contributed by atoms with E-state index in [-0.39, 0.29) is 11.7 Å². The summed E-state index contributed by atoms with van der Waals surface area (Å²) in [6, 6.07) is 4.27. The molecule has 0 aromatic heterocycles. The first-order valence-electron chi connectivity index (χ1n) is 6.08. The van der Waals surface area contributed by atoms with E-state index >= 15 is 0 Å². The molecule has 108 valence electrons. The zero-order valence-electron chi connectivity index (χ0n) is 10.8. The number of non-ortho nitro benzene ring substituents is 1. The van der Waals surface area contributed by atoms with Gasteiger partial charge in [-0.15, -0.1) is 0 Å². The van der Waals surface area contributed by atoms with Gasteiger partial charge in [0.25, 0.3) is 5.69 Å². The van der Waals surface area contributed by atoms with Crippen molar-refractivity contribution in [3.8, 4) is 0 Å². The number of piperazine rings is 1. The second-order valence-electron chi connectivity index (χ2n) is 4.66. The maximum atomic E-state index is 10.9. The summed E-state index contributed by atoms with van der Waals surface area (Å²) in [5, 5.41) is 20.0. The molecule has 1 aliphatic heterocycles. The number of amides is 1. The van der Waals surface area contributed by atoms with Crippen LogP contribution >= 0.6 is 11.6 Å². The van der Waals surface area contributed by atoms with E-state index in [1.165, 1.54) is 17.0 Å². The van der Waals surface area contributed by atoms with Crippen LogP contribution in [-0.2, 0) is 0 Å². The van der Waals surface area contributed by atoms with Crippen LogP contribution in [0.2, 0.25) is 5.02 Å². The van der Waals surface area contributed by atoms with Gasteiger partial charge in [0.15, 0.2) is 0 Å². The van der Waals surface area contributed by atoms with E-state index in [0.717, 1.165) is 0 Å². The van der Waals surface area contributed by atoms with Gasteiger partial charge >= 0.3 is 6.09 Å². The minimum absolute atomic E-state index is 0.0428. The number of carboxylic acid groups (broad SMARTS) is 1. The summed E-state index contributed by atoms with van der Waals surface area (Å²) in [6.07, 6.45) is -0.939. The Labute approximate surface area is 120 Å². The van der Waals surface area contributed by atoms with Crippen molar-refractivity contribution >= 4 is 29.1 Å². The predicted molar refractivity (Wildman–Crippen MR) is 74.5 cm³/mol. The third-order valence-corrected chi connectivity index (χ3v) is 3.65. The minimum Gasteiger partial charge on any atom is -0.465 e. The van der Waals surface area contributed by atoms with E-state index in [4.69, 9.17) is 16.7 Å². The topological polar surface area (TPSA) is 86.9 Å². The molecular formula is C12H14ClN3O4. The monoisotopic (exact) mass is 299 g/mol. The van der Waals surface area contributed by atoms with E-state index in [1.54, 1.807) is 6.07 Å². The molecule has 1 aromatic carbocycles. The summed E-state index contributed by atoms with van der Waals surface area (Å²) in [7, 11) is 0. The van der Waals surface area contributed by atoms with E-state index in [2.05, 4.69) is 0 Å². The van der Waals surface area contributed by atoms with Crippen molar-refractivity contribution in [2.75, 3.05) is 24.5 Å². The zero-order valence-corrected chi connectivity index (χ0v) is 11.6. The normalized spacial score (nSPS) is 19.0. The Morgan fingerprint density at radius 3 is 2.70 bits per heavy atom. The molecule has 1 N–H and O–H groups in total. The van der Waals surface area contributed by atoms with Crippen LogP contribution in [0.3, 0.4) is 0 Å². The number of anilines is 1. The average molecular weight is 300 g/mol. The fourth-order valence-electron chi connectivity index (χ4n) is 2.33. The molecule has 0 bridgehead atoms. The van der Waals surface area contributed by atoms with Crippen LogP contribution in [-0.4, -0.2) is 46.7 Å². The maximum Gasteiger partial charge on any atom is 0.407 e. The number of rotatable bonds is 2. The quantitative estimate of drug-likeness (QED) is 0.669. The largest absolute Gasteiger partial charge is 0.465 e. The van der Waals surface area contributed by atoms with Gasteiger partial charge in [0.1, 0.15) is 0 Å². The van der Waals surface area contributed by atoms with Crippen LogP contribution < -0.4 is 4.90 Å². The fraction of sp³-hybridized carbons (Fsp3) is 0.417. The molecule has 1 aromatic rings. The molecule has 1 aliphatic rings. The fourth-order valence-corrected chi connectivity index (χ4v) is 2.61. The van der Waals surface area contributed by atoms with Crippen LogP contribution in [0.1, 0.15) is 6.92 Å². The molecule has 0 spiro atoms. The smallest absolute Gasteiger partial charge is 0.407 e. The van der Waals surface area contributed by atoms with Gasteiger partial charge in [0.05, 0.1) is 15.6 Å². The van der Waals surface area contributed by atoms with Crippen LogP contribution in [0.15, 0.2) is 18.2 Å². The van der Waals surface area contributed by atoms with E-state index in [1.807, 2.05) is 11.8 Å². The Bertz CT molecular complexity index is 552. The molecule has 7 nitrogen and oxygen atoms in total. The van der Waals surface area contributed by atoms with Gasteiger partial charge in [0.2, 0.25) is 0 Å². The Balaban J connectivity index is 2.20. The summed E-state index contributed by atoms with van der Waals surface area (Å²) in [6.45, 7) is 3.16. The van der Waals surface area contributed by atoms with Crippen LogP contribution in [0, 0.1) is 10.1 Å². The number of nitrogens with zero attached hydrogens (tertiary/aromatic N) is 3. The van der Waals surface area contributed by atoms with Gasteiger partial charge in [-0.3, -0.25) is 10.1 Å². The third-order valence-electron chi connectivity index (χ3n) is 3.35. The highest BCUT2D eigenvalue weighted by Gasteiger charge is 2.28. The summed E-state index contributed by atoms with van der Waals surface area (Å²) in [5.74, 6) is 0. The molecule has 8 heteroatoms. The van der Waals surface area contributed by atoms with Crippen molar-refractivity contribution in [2.45, 2.75) is 13.0 Å². The van der Waals surface area contributed by atoms with Gasteiger partial charge in [-0.2, -0.15) is 0 Å². The second-order valence-corrected chi connectivity index (χ2v) is 5.07. The molecule has 1 atom stereocenters. The Kier molecular flexibility index (Phi) is 3.99. The highest BCUT2D eigenvalue weighted by Crippen LogP contribution is 2.32. The molecule has 20 heavy (non-hydrogen) atoms. The lowest BCUT2D eigenvalue weighted by Crippen LogP contribution is -2.53. The van der Waals surface area contributed by atoms with Crippen molar-refractivity contribution in [1.29, 1.82) is 0 Å². The summed E-state index contributed by atoms with van der Waals surface area (Å²) in [5.41, 5.74) is 0.630. The number of hydrogen-bond donors (Lipinski definition) is 1. The minimum atomic E-state index is -0.939. The highest BCUT2D eigenvalue weighted by molar-refractivity contribution is 6.33. The molecule has 0 aliphatic carbocycles. The SMILES string of the molecule is CC1CN(C(=O)O)CCN1c1ccc([N+](=O)[O-])cc1Cl. The molecule has 1 fully saturated rings. The Morgan fingerprint density at radius 2 is 2.20 bits per heavy atom. The predicted octanol–water partition coefficient (Wildman–Crippen LogP) is 2.44. The Morgan fingerprint density at radius 1 is 1.50 bits per heavy atom. The molecule has 1 amide bonds. The number of benzene rings is 1. The van der Waals surface area contributed by atoms with Crippen LogP contribution in [0.25, 0.3) is 0 Å². The van der Waals surface area contributed by atoms with Crippen molar-refractivity contribution in [3.63, 3.8) is 0 Å². The third kappa shape index (κ3) is 2.77. The van der Waals surface area contributed by atoms with E-state index < -0.39 is 11.0 Å². The van der Waals surface area contributed by atoms with E-state index in [9.17, 15) is 14.9 Å². The molecule has 1 unspecified atom stereocenters. The van der Waals surface area contributed by atoms with Gasteiger partial charge in [0, 0.05) is 37.8 Å². The van der Waals surface area contributed by atoms with E-state index in [0.29, 0.717) is 30.3 Å². The molecule has 0 saturated carbocycles. The highest BCUT2D eigenvalue weighted by atomic mass is 35.5. The van der Waals surface area contributed by atoms with Crippen molar-refractivity contribution in [1.82, 2.24) is 4.90 Å². The average Bonchev–Trinajstić information content (AvgIpc) is 2.38. The standard InChI is InChI=1S/C12H14ClN3O4/c1-8-7-14(12(17)18)4-5-15(8)11-3-2-9(16(19)20)6-10(11)13/h2-3,6,8H,4-5,7H2,1H3,(H,17,18). The first kappa shape index (κ1) is 14.4. The number of carbonyl (C=O) groups is 1. The maximum absolute atomic E-state index is 10.9. The number of halogens is 1. The second kappa shape index (κ2) is 5.54. The molecule has 2 rings (SSSR count). The lowest BCUT2D eigenvalue weighted by Gasteiger charge is -2.40. The first-order chi connectivity index (χ1) is 9.40. The van der Waals surface area contributed by atoms with Gasteiger partial charge in [-0.05, 0) is 13.0 Å². The zero-order chi connectivity index (χ0) is 14.9. The van der Waals surface area contributed by atoms with Gasteiger partial charge in [-0.1, -0.05) is 11.6 Å².